The molecule has 0 bridgehead atoms. The van der Waals surface area contributed by atoms with Crippen LogP contribution in [-0.4, -0.2) is 54.6 Å². The summed E-state index contributed by atoms with van der Waals surface area (Å²) in [5, 5.41) is 8.11. The molecule has 1 aromatic heterocycles. The van der Waals surface area contributed by atoms with E-state index in [1.165, 1.54) is 7.11 Å². The number of methoxy groups -OCH3 is 2. The van der Waals surface area contributed by atoms with Crippen molar-refractivity contribution in [3.8, 4) is 5.75 Å². The molecule has 2 N–H and O–H groups in total. The van der Waals surface area contributed by atoms with E-state index in [-0.39, 0.29) is 11.9 Å². The lowest BCUT2D eigenvalue weighted by atomic mass is 10.0. The molecule has 0 spiro atoms. The van der Waals surface area contributed by atoms with Gasteiger partial charge in [-0.05, 0) is 49.9 Å². The summed E-state index contributed by atoms with van der Waals surface area (Å²) in [7, 11) is 3.03. The van der Waals surface area contributed by atoms with E-state index in [0.717, 1.165) is 46.3 Å². The van der Waals surface area contributed by atoms with Gasteiger partial charge in [0.05, 0.1) is 37.0 Å². The number of hydrogen-bond acceptors (Lipinski definition) is 7. The number of fused-ring (bicyclic) bond motifs is 1. The first-order chi connectivity index (χ1) is 20.0. The smallest absolute Gasteiger partial charge is 0.338 e. The van der Waals surface area contributed by atoms with Gasteiger partial charge in [0, 0.05) is 35.8 Å². The zero-order valence-corrected chi connectivity index (χ0v) is 23.7. The SMILES string of the molecule is COC(=O)c1ccccc1[C@H]1N[C@@H](Cc2ccccc2)C(=O)N1CCCC(C)Nc1cc(OC)cc2cccnc12. The highest BCUT2D eigenvalue weighted by Crippen LogP contribution is 2.31. The Morgan fingerprint density at radius 3 is 2.61 bits per heavy atom. The van der Waals surface area contributed by atoms with Gasteiger partial charge >= 0.3 is 5.97 Å². The molecule has 1 amide bonds. The zero-order valence-electron chi connectivity index (χ0n) is 23.7. The fraction of sp³-hybridized carbons (Fsp3) is 0.303. The summed E-state index contributed by atoms with van der Waals surface area (Å²) in [5.74, 6) is 0.380. The van der Waals surface area contributed by atoms with Crippen molar-refractivity contribution >= 4 is 28.5 Å². The lowest BCUT2D eigenvalue weighted by Gasteiger charge is -2.26. The second kappa shape index (κ2) is 12.8. The number of amides is 1. The monoisotopic (exact) mass is 552 g/mol. The Morgan fingerprint density at radius 2 is 1.83 bits per heavy atom. The second-order valence-electron chi connectivity index (χ2n) is 10.4. The van der Waals surface area contributed by atoms with Gasteiger partial charge in [-0.3, -0.25) is 15.1 Å². The Balaban J connectivity index is 1.32. The highest BCUT2D eigenvalue weighted by Gasteiger charge is 2.40. The molecular formula is C33H36N4O4. The summed E-state index contributed by atoms with van der Waals surface area (Å²) in [4.78, 5) is 32.8. The third-order valence-corrected chi connectivity index (χ3v) is 7.55. The fourth-order valence-corrected chi connectivity index (χ4v) is 5.50. The van der Waals surface area contributed by atoms with Crippen molar-refractivity contribution in [3.63, 3.8) is 0 Å². The van der Waals surface area contributed by atoms with Crippen LogP contribution >= 0.6 is 0 Å². The van der Waals surface area contributed by atoms with Crippen LogP contribution in [0.25, 0.3) is 10.9 Å². The maximum atomic E-state index is 13.7. The predicted octanol–water partition coefficient (Wildman–Crippen LogP) is 5.35. The minimum atomic E-state index is -0.429. The van der Waals surface area contributed by atoms with Crippen molar-refractivity contribution in [1.29, 1.82) is 0 Å². The number of rotatable bonds is 11. The van der Waals surface area contributed by atoms with Crippen LogP contribution in [0, 0.1) is 0 Å². The number of esters is 1. The summed E-state index contributed by atoms with van der Waals surface area (Å²) < 4.78 is 10.5. The minimum Gasteiger partial charge on any atom is -0.497 e. The third-order valence-electron chi connectivity index (χ3n) is 7.55. The van der Waals surface area contributed by atoms with E-state index in [4.69, 9.17) is 9.47 Å². The Morgan fingerprint density at radius 1 is 1.05 bits per heavy atom. The molecule has 4 aromatic rings. The van der Waals surface area contributed by atoms with Gasteiger partial charge in [-0.1, -0.05) is 54.6 Å². The van der Waals surface area contributed by atoms with Crippen LogP contribution in [0.4, 0.5) is 5.69 Å². The van der Waals surface area contributed by atoms with Gasteiger partial charge in [-0.2, -0.15) is 0 Å². The van der Waals surface area contributed by atoms with Gasteiger partial charge in [-0.15, -0.1) is 0 Å². The molecule has 1 saturated heterocycles. The van der Waals surface area contributed by atoms with Gasteiger partial charge in [-0.25, -0.2) is 4.79 Å². The number of nitrogens with one attached hydrogen (secondary N) is 2. The molecule has 8 heteroatoms. The standard InChI is InChI=1S/C33H36N4O4/c1-22(35-28-21-25(40-2)20-24-14-9-17-34-30(24)28)11-10-18-37-31(26-15-7-8-16-27(26)33(39)41-3)36-29(32(37)38)19-23-12-5-4-6-13-23/h4-9,12-17,20-22,29,31,35-36H,10-11,18-19H2,1-3H3/t22?,29-,31-/m0/s1. The maximum absolute atomic E-state index is 13.7. The van der Waals surface area contributed by atoms with Crippen molar-refractivity contribution in [2.24, 2.45) is 0 Å². The van der Waals surface area contributed by atoms with Crippen LogP contribution < -0.4 is 15.4 Å². The van der Waals surface area contributed by atoms with Crippen LogP contribution in [0.3, 0.4) is 0 Å². The number of hydrogen-bond donors (Lipinski definition) is 2. The average molecular weight is 553 g/mol. The molecular weight excluding hydrogens is 516 g/mol. The van der Waals surface area contributed by atoms with Gasteiger partial charge < -0.3 is 19.7 Å². The van der Waals surface area contributed by atoms with Crippen molar-refractivity contribution in [1.82, 2.24) is 15.2 Å². The molecule has 8 nitrogen and oxygen atoms in total. The Hall–Kier alpha value is -4.43. The largest absolute Gasteiger partial charge is 0.497 e. The number of carbonyl (C=O) groups is 2. The van der Waals surface area contributed by atoms with Gasteiger partial charge in [0.15, 0.2) is 0 Å². The number of ether oxygens (including phenoxy) is 2. The molecule has 5 rings (SSSR count). The molecule has 0 radical (unpaired) electrons. The molecule has 1 unspecified atom stereocenters. The van der Waals surface area contributed by atoms with Crippen molar-refractivity contribution in [2.75, 3.05) is 26.1 Å². The molecule has 2 heterocycles. The Kier molecular flexibility index (Phi) is 8.79. The van der Waals surface area contributed by atoms with E-state index in [0.29, 0.717) is 18.5 Å². The molecule has 0 aliphatic carbocycles. The first-order valence-electron chi connectivity index (χ1n) is 14.0. The predicted molar refractivity (Wildman–Crippen MR) is 160 cm³/mol. The van der Waals surface area contributed by atoms with Crippen molar-refractivity contribution in [2.45, 2.75) is 44.4 Å². The molecule has 0 saturated carbocycles. The topological polar surface area (TPSA) is 92.8 Å². The average Bonchev–Trinajstić information content (AvgIpc) is 3.31. The molecule has 1 fully saturated rings. The summed E-state index contributed by atoms with van der Waals surface area (Å²) in [5.41, 5.74) is 4.08. The number of pyridine rings is 1. The van der Waals surface area contributed by atoms with E-state index in [9.17, 15) is 9.59 Å². The highest BCUT2D eigenvalue weighted by atomic mass is 16.5. The quantitative estimate of drug-likeness (QED) is 0.242. The van der Waals surface area contributed by atoms with Crippen molar-refractivity contribution in [3.05, 3.63) is 102 Å². The van der Waals surface area contributed by atoms with Gasteiger partial charge in [0.25, 0.3) is 0 Å². The molecule has 3 aromatic carbocycles. The number of nitrogens with zero attached hydrogens (tertiary/aromatic N) is 2. The first kappa shape index (κ1) is 28.1. The normalized spacial score (nSPS) is 17.4. The van der Waals surface area contributed by atoms with Crippen LogP contribution in [0.15, 0.2) is 85.1 Å². The number of carbonyl (C=O) groups excluding carboxylic acids is 2. The van der Waals surface area contributed by atoms with Gasteiger partial charge in [0.2, 0.25) is 5.91 Å². The molecule has 1 aliphatic heterocycles. The lowest BCUT2D eigenvalue weighted by molar-refractivity contribution is -0.130. The Bertz CT molecular complexity index is 1510. The van der Waals surface area contributed by atoms with Crippen LogP contribution in [0.5, 0.6) is 5.75 Å². The van der Waals surface area contributed by atoms with Crippen molar-refractivity contribution < 1.29 is 19.1 Å². The number of aromatic nitrogens is 1. The van der Waals surface area contributed by atoms with Crippen LogP contribution in [0.1, 0.15) is 47.4 Å². The molecule has 1 aliphatic rings. The highest BCUT2D eigenvalue weighted by molar-refractivity contribution is 5.93. The summed E-state index contributed by atoms with van der Waals surface area (Å²) in [6.45, 7) is 2.67. The van der Waals surface area contributed by atoms with E-state index < -0.39 is 18.2 Å². The summed E-state index contributed by atoms with van der Waals surface area (Å²) in [6, 6.07) is 24.9. The van der Waals surface area contributed by atoms with E-state index >= 15 is 0 Å². The van der Waals surface area contributed by atoms with Crippen LogP contribution in [-0.2, 0) is 16.0 Å². The lowest BCUT2D eigenvalue weighted by Crippen LogP contribution is -2.33. The minimum absolute atomic E-state index is 0.0297. The molecule has 41 heavy (non-hydrogen) atoms. The second-order valence-corrected chi connectivity index (χ2v) is 10.4. The first-order valence-corrected chi connectivity index (χ1v) is 14.0. The Labute approximate surface area is 240 Å². The maximum Gasteiger partial charge on any atom is 0.338 e. The molecule has 212 valence electrons. The number of anilines is 1. The van der Waals surface area contributed by atoms with Crippen LogP contribution in [0.2, 0.25) is 0 Å². The van der Waals surface area contributed by atoms with E-state index in [1.54, 1.807) is 19.4 Å². The summed E-state index contributed by atoms with van der Waals surface area (Å²) >= 11 is 0. The third kappa shape index (κ3) is 6.33. The van der Waals surface area contributed by atoms with E-state index in [2.05, 4.69) is 22.5 Å². The summed E-state index contributed by atoms with van der Waals surface area (Å²) in [6.07, 6.45) is 3.52. The fourth-order valence-electron chi connectivity index (χ4n) is 5.50. The number of benzene rings is 3. The van der Waals surface area contributed by atoms with E-state index in [1.807, 2.05) is 77.7 Å². The zero-order chi connectivity index (χ0) is 28.8. The molecule has 3 atom stereocenters. The van der Waals surface area contributed by atoms with Gasteiger partial charge in [0.1, 0.15) is 11.9 Å².